The van der Waals surface area contributed by atoms with Crippen molar-refractivity contribution in [3.63, 3.8) is 0 Å². The monoisotopic (exact) mass is 334 g/mol. The Labute approximate surface area is 137 Å². The molecule has 1 amide bonds. The van der Waals surface area contributed by atoms with Crippen LogP contribution in [0.3, 0.4) is 0 Å². The second kappa shape index (κ2) is 6.43. The molecular weight excluding hydrogens is 318 g/mol. The van der Waals surface area contributed by atoms with E-state index in [2.05, 4.69) is 10.3 Å². The molecule has 1 aliphatic carbocycles. The fourth-order valence-corrected chi connectivity index (χ4v) is 2.41. The van der Waals surface area contributed by atoms with Gasteiger partial charge in [0.2, 0.25) is 0 Å². The average Bonchev–Trinajstić information content (AvgIpc) is 3.34. The fourth-order valence-electron chi connectivity index (χ4n) is 2.41. The number of hydrogen-bond donors (Lipinski definition) is 2. The summed E-state index contributed by atoms with van der Waals surface area (Å²) in [7, 11) is 0. The zero-order valence-corrected chi connectivity index (χ0v) is 12.8. The van der Waals surface area contributed by atoms with Gasteiger partial charge in [0.25, 0.3) is 0 Å². The van der Waals surface area contributed by atoms with E-state index >= 15 is 0 Å². The third-order valence-electron chi connectivity index (χ3n) is 4.07. The molecule has 1 fully saturated rings. The second-order valence-electron chi connectivity index (χ2n) is 5.98. The van der Waals surface area contributed by atoms with Crippen LogP contribution in [-0.4, -0.2) is 29.3 Å². The lowest BCUT2D eigenvalue weighted by Crippen LogP contribution is -2.31. The van der Waals surface area contributed by atoms with E-state index in [4.69, 9.17) is 9.84 Å². The molecule has 126 valence electrons. The predicted octanol–water partition coefficient (Wildman–Crippen LogP) is 3.45. The van der Waals surface area contributed by atoms with E-state index in [0.29, 0.717) is 24.5 Å². The molecule has 0 aliphatic heterocycles. The normalized spacial score (nSPS) is 14.9. The number of hydrogen-bond acceptors (Lipinski definition) is 3. The van der Waals surface area contributed by atoms with Crippen LogP contribution in [0.2, 0.25) is 0 Å². The van der Waals surface area contributed by atoms with Gasteiger partial charge >= 0.3 is 6.09 Å². The first-order chi connectivity index (χ1) is 11.5. The number of nitrogens with zero attached hydrogens (tertiary/aromatic N) is 1. The molecule has 0 unspecified atom stereocenters. The summed E-state index contributed by atoms with van der Waals surface area (Å²) in [5, 5.41) is 11.0. The first kappa shape index (κ1) is 16.2. The summed E-state index contributed by atoms with van der Waals surface area (Å²) in [6, 6.07) is 4.81. The Kier molecular flexibility index (Phi) is 4.33. The lowest BCUT2D eigenvalue weighted by molar-refractivity contribution is 0.184. The Hall–Kier alpha value is -2.70. The number of halogens is 2. The lowest BCUT2D eigenvalue weighted by atomic mass is 10.1. The van der Waals surface area contributed by atoms with Crippen LogP contribution >= 0.6 is 0 Å². The van der Waals surface area contributed by atoms with E-state index < -0.39 is 17.7 Å². The van der Waals surface area contributed by atoms with Crippen molar-refractivity contribution in [2.24, 2.45) is 5.41 Å². The van der Waals surface area contributed by atoms with Crippen LogP contribution in [0, 0.1) is 17.0 Å². The van der Waals surface area contributed by atoms with Crippen molar-refractivity contribution in [1.82, 2.24) is 10.3 Å². The Morgan fingerprint density at radius 2 is 2.08 bits per heavy atom. The molecule has 1 saturated carbocycles. The number of pyridine rings is 1. The molecule has 0 radical (unpaired) electrons. The second-order valence-corrected chi connectivity index (χ2v) is 5.98. The van der Waals surface area contributed by atoms with Crippen LogP contribution < -0.4 is 10.1 Å². The van der Waals surface area contributed by atoms with Crippen LogP contribution in [0.15, 0.2) is 36.7 Å². The van der Waals surface area contributed by atoms with Crippen molar-refractivity contribution in [2.75, 3.05) is 13.2 Å². The smallest absolute Gasteiger partial charge is 0.404 e. The van der Waals surface area contributed by atoms with Crippen LogP contribution in [0.5, 0.6) is 5.75 Å². The molecule has 24 heavy (non-hydrogen) atoms. The van der Waals surface area contributed by atoms with E-state index in [0.717, 1.165) is 31.0 Å². The highest BCUT2D eigenvalue weighted by Crippen LogP contribution is 2.45. The average molecular weight is 334 g/mol. The summed E-state index contributed by atoms with van der Waals surface area (Å²) in [6.07, 6.45) is 3.61. The Bertz CT molecular complexity index is 763. The predicted molar refractivity (Wildman–Crippen MR) is 82.8 cm³/mol. The molecule has 1 heterocycles. The summed E-state index contributed by atoms with van der Waals surface area (Å²) < 4.78 is 32.9. The quantitative estimate of drug-likeness (QED) is 0.849. The van der Waals surface area contributed by atoms with Crippen molar-refractivity contribution in [3.8, 4) is 16.9 Å². The van der Waals surface area contributed by atoms with E-state index in [1.54, 1.807) is 6.07 Å². The van der Waals surface area contributed by atoms with Gasteiger partial charge in [0, 0.05) is 29.3 Å². The van der Waals surface area contributed by atoms with E-state index in [9.17, 15) is 13.6 Å². The van der Waals surface area contributed by atoms with E-state index in [1.165, 1.54) is 12.4 Å². The molecule has 0 saturated heterocycles. The molecular formula is C17H16F2N2O3. The summed E-state index contributed by atoms with van der Waals surface area (Å²) in [4.78, 5) is 14.6. The SMILES string of the molecule is O=C(O)NCC1(COc2cncc(-c3cc(F)ccc3F)c2)CC1. The van der Waals surface area contributed by atoms with E-state index in [1.807, 2.05) is 0 Å². The standard InChI is InChI=1S/C17H16F2N2O3/c18-12-1-2-15(19)14(6-12)11-5-13(8-20-7-11)24-10-17(3-4-17)9-21-16(22)23/h1-2,5-8,21H,3-4,9-10H2,(H,22,23). The van der Waals surface area contributed by atoms with Gasteiger partial charge < -0.3 is 15.2 Å². The number of benzene rings is 1. The highest BCUT2D eigenvalue weighted by molar-refractivity contribution is 5.65. The highest BCUT2D eigenvalue weighted by Gasteiger charge is 2.43. The minimum absolute atomic E-state index is 0.113. The van der Waals surface area contributed by atoms with Gasteiger partial charge in [-0.05, 0) is 37.1 Å². The van der Waals surface area contributed by atoms with Crippen molar-refractivity contribution in [3.05, 3.63) is 48.3 Å². The van der Waals surface area contributed by atoms with Crippen molar-refractivity contribution >= 4 is 6.09 Å². The third-order valence-corrected chi connectivity index (χ3v) is 4.07. The molecule has 7 heteroatoms. The van der Waals surface area contributed by atoms with Gasteiger partial charge in [-0.1, -0.05) is 0 Å². The topological polar surface area (TPSA) is 71.5 Å². The van der Waals surface area contributed by atoms with Gasteiger partial charge in [-0.25, -0.2) is 13.6 Å². The molecule has 2 aromatic rings. The summed E-state index contributed by atoms with van der Waals surface area (Å²) >= 11 is 0. The number of rotatable bonds is 6. The van der Waals surface area contributed by atoms with Gasteiger partial charge in [-0.3, -0.25) is 4.98 Å². The van der Waals surface area contributed by atoms with Gasteiger partial charge in [0.05, 0.1) is 12.8 Å². The van der Waals surface area contributed by atoms with Crippen LogP contribution in [0.1, 0.15) is 12.8 Å². The molecule has 0 spiro atoms. The van der Waals surface area contributed by atoms with Gasteiger partial charge in [-0.15, -0.1) is 0 Å². The largest absolute Gasteiger partial charge is 0.491 e. The minimum Gasteiger partial charge on any atom is -0.491 e. The number of carboxylic acid groups (broad SMARTS) is 1. The third kappa shape index (κ3) is 3.79. The molecule has 5 nitrogen and oxygen atoms in total. The molecule has 1 aromatic heterocycles. The number of amides is 1. The first-order valence-electron chi connectivity index (χ1n) is 7.48. The van der Waals surface area contributed by atoms with Crippen LogP contribution in [0.25, 0.3) is 11.1 Å². The zero-order valence-electron chi connectivity index (χ0n) is 12.8. The summed E-state index contributed by atoms with van der Waals surface area (Å²) in [6.45, 7) is 0.665. The molecule has 0 bridgehead atoms. The molecule has 0 atom stereocenters. The van der Waals surface area contributed by atoms with Crippen molar-refractivity contribution in [2.45, 2.75) is 12.8 Å². The van der Waals surface area contributed by atoms with Crippen molar-refractivity contribution < 1.29 is 23.4 Å². The number of nitrogens with one attached hydrogen (secondary N) is 1. The lowest BCUT2D eigenvalue weighted by Gasteiger charge is -2.16. The van der Waals surface area contributed by atoms with E-state index in [-0.39, 0.29) is 11.0 Å². The summed E-state index contributed by atoms with van der Waals surface area (Å²) in [5.41, 5.74) is 0.332. The summed E-state index contributed by atoms with van der Waals surface area (Å²) in [5.74, 6) is -0.646. The minimum atomic E-state index is -1.06. The maximum atomic E-state index is 13.8. The Morgan fingerprint density at radius 1 is 1.29 bits per heavy atom. The molecule has 3 rings (SSSR count). The van der Waals surface area contributed by atoms with Crippen molar-refractivity contribution in [1.29, 1.82) is 0 Å². The fraction of sp³-hybridized carbons (Fsp3) is 0.294. The Morgan fingerprint density at radius 3 is 2.79 bits per heavy atom. The van der Waals surface area contributed by atoms with Crippen LogP contribution in [0.4, 0.5) is 13.6 Å². The maximum absolute atomic E-state index is 13.8. The maximum Gasteiger partial charge on any atom is 0.404 e. The first-order valence-corrected chi connectivity index (χ1v) is 7.48. The Balaban J connectivity index is 1.70. The number of carbonyl (C=O) groups is 1. The zero-order chi connectivity index (χ0) is 17.2. The molecule has 2 N–H and O–H groups in total. The highest BCUT2D eigenvalue weighted by atomic mass is 19.1. The van der Waals surface area contributed by atoms with Gasteiger partial charge in [0.15, 0.2) is 0 Å². The number of ether oxygens (including phenoxy) is 1. The van der Waals surface area contributed by atoms with Gasteiger partial charge in [0.1, 0.15) is 17.4 Å². The number of aromatic nitrogens is 1. The molecule has 1 aromatic carbocycles. The van der Waals surface area contributed by atoms with Gasteiger partial charge in [-0.2, -0.15) is 0 Å². The van der Waals surface area contributed by atoms with Crippen LogP contribution in [-0.2, 0) is 0 Å². The molecule has 1 aliphatic rings.